The first-order valence-corrected chi connectivity index (χ1v) is 7.42. The Bertz CT molecular complexity index is 436. The van der Waals surface area contributed by atoms with Gasteiger partial charge in [0.1, 0.15) is 5.75 Å². The fourth-order valence-electron chi connectivity index (χ4n) is 2.53. The molecule has 0 bridgehead atoms. The van der Waals surface area contributed by atoms with Crippen LogP contribution < -0.4 is 10.1 Å². The molecular formula is C16H25ClN2O2. The predicted octanol–water partition coefficient (Wildman–Crippen LogP) is 2.26. The molecule has 0 saturated carbocycles. The summed E-state index contributed by atoms with van der Waals surface area (Å²) in [5, 5.41) is 3.30. The molecule has 1 fully saturated rings. The number of nitrogens with zero attached hydrogens (tertiary/aromatic N) is 1. The van der Waals surface area contributed by atoms with Crippen molar-refractivity contribution in [1.82, 2.24) is 10.2 Å². The number of amides is 1. The second-order valence-electron chi connectivity index (χ2n) is 5.22. The number of aryl methyl sites for hydroxylation is 1. The van der Waals surface area contributed by atoms with Gasteiger partial charge in [0.25, 0.3) is 0 Å². The Morgan fingerprint density at radius 3 is 2.71 bits per heavy atom. The van der Waals surface area contributed by atoms with Crippen LogP contribution in [0.15, 0.2) is 24.3 Å². The van der Waals surface area contributed by atoms with E-state index in [0.29, 0.717) is 19.1 Å². The molecule has 118 valence electrons. The Hall–Kier alpha value is -1.26. The van der Waals surface area contributed by atoms with Gasteiger partial charge in [-0.05, 0) is 38.0 Å². The lowest BCUT2D eigenvalue weighted by Gasteiger charge is -2.34. The summed E-state index contributed by atoms with van der Waals surface area (Å²) in [7, 11) is 0. The topological polar surface area (TPSA) is 41.6 Å². The number of hydrogen-bond donors (Lipinski definition) is 1. The normalized spacial score (nSPS) is 18.0. The van der Waals surface area contributed by atoms with Gasteiger partial charge in [-0.25, -0.2) is 0 Å². The zero-order valence-corrected chi connectivity index (χ0v) is 13.6. The molecule has 1 aromatic carbocycles. The third-order valence-electron chi connectivity index (χ3n) is 3.68. The van der Waals surface area contributed by atoms with Gasteiger partial charge in [-0.15, -0.1) is 12.4 Å². The largest absolute Gasteiger partial charge is 0.494 e. The lowest BCUT2D eigenvalue weighted by Crippen LogP contribution is -2.52. The minimum absolute atomic E-state index is 0. The van der Waals surface area contributed by atoms with Crippen molar-refractivity contribution < 1.29 is 9.53 Å². The van der Waals surface area contributed by atoms with E-state index in [4.69, 9.17) is 4.74 Å². The first-order valence-electron chi connectivity index (χ1n) is 7.42. The molecular weight excluding hydrogens is 288 g/mol. The first kappa shape index (κ1) is 17.8. The molecule has 2 rings (SSSR count). The van der Waals surface area contributed by atoms with Crippen LogP contribution in [0.2, 0.25) is 0 Å². The zero-order chi connectivity index (χ0) is 14.4. The summed E-state index contributed by atoms with van der Waals surface area (Å²) in [6, 6.07) is 8.32. The molecule has 0 aromatic heterocycles. The Labute approximate surface area is 133 Å². The van der Waals surface area contributed by atoms with Gasteiger partial charge in [0, 0.05) is 32.1 Å². The second kappa shape index (κ2) is 8.90. The van der Waals surface area contributed by atoms with E-state index < -0.39 is 0 Å². The zero-order valence-electron chi connectivity index (χ0n) is 12.8. The Morgan fingerprint density at radius 2 is 2.10 bits per heavy atom. The number of hydrogen-bond acceptors (Lipinski definition) is 3. The van der Waals surface area contributed by atoms with E-state index >= 15 is 0 Å². The van der Waals surface area contributed by atoms with Crippen LogP contribution in [0, 0.1) is 0 Å². The lowest BCUT2D eigenvalue weighted by atomic mass is 10.1. The van der Waals surface area contributed by atoms with E-state index in [-0.39, 0.29) is 18.3 Å². The van der Waals surface area contributed by atoms with Crippen LogP contribution in [0.5, 0.6) is 5.75 Å². The molecule has 1 heterocycles. The van der Waals surface area contributed by atoms with Crippen molar-refractivity contribution in [3.05, 3.63) is 29.8 Å². The van der Waals surface area contributed by atoms with Crippen molar-refractivity contribution in [3.8, 4) is 5.75 Å². The molecule has 1 aliphatic rings. The summed E-state index contributed by atoms with van der Waals surface area (Å²) in [6.45, 7) is 7.37. The molecule has 4 nitrogen and oxygen atoms in total. The minimum Gasteiger partial charge on any atom is -0.494 e. The lowest BCUT2D eigenvalue weighted by molar-refractivity contribution is -0.133. The molecule has 1 aromatic rings. The molecule has 0 unspecified atom stereocenters. The van der Waals surface area contributed by atoms with Gasteiger partial charge >= 0.3 is 0 Å². The number of nitrogens with one attached hydrogen (secondary N) is 1. The quantitative estimate of drug-likeness (QED) is 0.907. The maximum Gasteiger partial charge on any atom is 0.223 e. The van der Waals surface area contributed by atoms with Crippen LogP contribution in [0.25, 0.3) is 0 Å². The van der Waals surface area contributed by atoms with Crippen LogP contribution in [0.4, 0.5) is 0 Å². The van der Waals surface area contributed by atoms with Crippen molar-refractivity contribution in [1.29, 1.82) is 0 Å². The molecule has 0 aliphatic carbocycles. The van der Waals surface area contributed by atoms with E-state index in [9.17, 15) is 4.79 Å². The standard InChI is InChI=1S/C16H24N2O2.ClH/c1-3-20-15-7-4-14(5-8-15)6-9-16(19)18-11-10-17-12-13(18)2;/h4-5,7-8,13,17H,3,6,9-12H2,1-2H3;1H/t13-;/m0./s1. The van der Waals surface area contributed by atoms with Gasteiger partial charge in [0.15, 0.2) is 0 Å². The van der Waals surface area contributed by atoms with Crippen molar-refractivity contribution in [3.63, 3.8) is 0 Å². The average Bonchev–Trinajstić information content (AvgIpc) is 2.47. The maximum atomic E-state index is 12.2. The third-order valence-corrected chi connectivity index (χ3v) is 3.68. The minimum atomic E-state index is 0. The van der Waals surface area contributed by atoms with Crippen LogP contribution >= 0.6 is 12.4 Å². The van der Waals surface area contributed by atoms with Crippen LogP contribution in [0.1, 0.15) is 25.8 Å². The highest BCUT2D eigenvalue weighted by Crippen LogP contribution is 2.14. The molecule has 0 spiro atoms. The van der Waals surface area contributed by atoms with Crippen molar-refractivity contribution in [2.45, 2.75) is 32.7 Å². The van der Waals surface area contributed by atoms with E-state index in [1.165, 1.54) is 5.56 Å². The molecule has 5 heteroatoms. The summed E-state index contributed by atoms with van der Waals surface area (Å²) in [4.78, 5) is 14.2. The summed E-state index contributed by atoms with van der Waals surface area (Å²) in [5.41, 5.74) is 1.18. The predicted molar refractivity (Wildman–Crippen MR) is 87.2 cm³/mol. The molecule has 0 radical (unpaired) electrons. The van der Waals surface area contributed by atoms with E-state index in [2.05, 4.69) is 12.2 Å². The van der Waals surface area contributed by atoms with Crippen molar-refractivity contribution in [2.75, 3.05) is 26.2 Å². The fourth-order valence-corrected chi connectivity index (χ4v) is 2.53. The third kappa shape index (κ3) is 5.21. The Balaban J connectivity index is 0.00000220. The molecule has 1 N–H and O–H groups in total. The summed E-state index contributed by atoms with van der Waals surface area (Å²) >= 11 is 0. The first-order chi connectivity index (χ1) is 9.70. The number of carbonyl (C=O) groups excluding carboxylic acids is 1. The smallest absolute Gasteiger partial charge is 0.223 e. The number of ether oxygens (including phenoxy) is 1. The van der Waals surface area contributed by atoms with Gasteiger partial charge in [0.2, 0.25) is 5.91 Å². The van der Waals surface area contributed by atoms with Crippen LogP contribution in [0.3, 0.4) is 0 Å². The van der Waals surface area contributed by atoms with Crippen molar-refractivity contribution in [2.24, 2.45) is 0 Å². The Morgan fingerprint density at radius 1 is 1.38 bits per heavy atom. The molecule has 1 amide bonds. The van der Waals surface area contributed by atoms with Crippen molar-refractivity contribution >= 4 is 18.3 Å². The summed E-state index contributed by atoms with van der Waals surface area (Å²) < 4.78 is 5.41. The average molecular weight is 313 g/mol. The molecule has 1 saturated heterocycles. The second-order valence-corrected chi connectivity index (χ2v) is 5.22. The fraction of sp³-hybridized carbons (Fsp3) is 0.562. The molecule has 1 atom stereocenters. The summed E-state index contributed by atoms with van der Waals surface area (Å²) in [6.07, 6.45) is 1.38. The highest BCUT2D eigenvalue weighted by atomic mass is 35.5. The Kier molecular flexibility index (Phi) is 7.54. The van der Waals surface area contributed by atoms with E-state index in [1.54, 1.807) is 0 Å². The van der Waals surface area contributed by atoms with Gasteiger partial charge < -0.3 is 15.0 Å². The van der Waals surface area contributed by atoms with Gasteiger partial charge in [-0.3, -0.25) is 4.79 Å². The highest BCUT2D eigenvalue weighted by Gasteiger charge is 2.22. The highest BCUT2D eigenvalue weighted by molar-refractivity contribution is 5.85. The molecule has 21 heavy (non-hydrogen) atoms. The monoisotopic (exact) mass is 312 g/mol. The number of piperazine rings is 1. The molecule has 1 aliphatic heterocycles. The van der Waals surface area contributed by atoms with Gasteiger partial charge in [0.05, 0.1) is 6.61 Å². The number of carbonyl (C=O) groups is 1. The van der Waals surface area contributed by atoms with Gasteiger partial charge in [-0.2, -0.15) is 0 Å². The van der Waals surface area contributed by atoms with Gasteiger partial charge in [-0.1, -0.05) is 12.1 Å². The summed E-state index contributed by atoms with van der Waals surface area (Å²) in [5.74, 6) is 1.14. The maximum absolute atomic E-state index is 12.2. The van der Waals surface area contributed by atoms with E-state index in [1.807, 2.05) is 36.1 Å². The van der Waals surface area contributed by atoms with Crippen LogP contribution in [-0.4, -0.2) is 43.1 Å². The number of rotatable bonds is 5. The SMILES string of the molecule is CCOc1ccc(CCC(=O)N2CCNC[C@@H]2C)cc1.Cl. The number of benzene rings is 1. The van der Waals surface area contributed by atoms with E-state index in [0.717, 1.165) is 31.8 Å². The van der Waals surface area contributed by atoms with Crippen LogP contribution in [-0.2, 0) is 11.2 Å². The number of halogens is 1.